The van der Waals surface area contributed by atoms with Gasteiger partial charge in [-0.25, -0.2) is 0 Å². The highest BCUT2D eigenvalue weighted by Gasteiger charge is 2.21. The van der Waals surface area contributed by atoms with Gasteiger partial charge in [-0.1, -0.05) is 12.1 Å². The molecule has 1 amide bonds. The molecule has 1 heterocycles. The second-order valence-electron chi connectivity index (χ2n) is 5.31. The third-order valence-electron chi connectivity index (χ3n) is 3.63. The first kappa shape index (κ1) is 15.2. The number of anilines is 1. The van der Waals surface area contributed by atoms with Gasteiger partial charge in [0.15, 0.2) is 11.5 Å². The molecular formula is C18H19NO4. The second-order valence-corrected chi connectivity index (χ2v) is 5.31. The number of amides is 1. The molecule has 23 heavy (non-hydrogen) atoms. The summed E-state index contributed by atoms with van der Waals surface area (Å²) in [5.41, 5.74) is 0.752. The van der Waals surface area contributed by atoms with Crippen molar-refractivity contribution in [2.24, 2.45) is 0 Å². The van der Waals surface area contributed by atoms with Crippen LogP contribution in [0.3, 0.4) is 0 Å². The van der Waals surface area contributed by atoms with Crippen LogP contribution in [-0.4, -0.2) is 25.7 Å². The Morgan fingerprint density at radius 2 is 1.91 bits per heavy atom. The Kier molecular flexibility index (Phi) is 4.66. The standard InChI is InChI=1S/C18H19NO4/c1-21-14-8-6-13(7-9-14)19-18(20)11-10-15-12-22-16-4-2-3-5-17(16)23-15/h2-9,15H,10-12H2,1H3,(H,19,20). The van der Waals surface area contributed by atoms with Crippen molar-refractivity contribution < 1.29 is 19.0 Å². The van der Waals surface area contributed by atoms with E-state index in [-0.39, 0.29) is 12.0 Å². The Labute approximate surface area is 135 Å². The van der Waals surface area contributed by atoms with Gasteiger partial charge in [0.05, 0.1) is 7.11 Å². The number of ether oxygens (including phenoxy) is 3. The first-order valence-electron chi connectivity index (χ1n) is 7.57. The maximum atomic E-state index is 12.0. The lowest BCUT2D eigenvalue weighted by molar-refractivity contribution is -0.116. The molecule has 2 aromatic carbocycles. The van der Waals surface area contributed by atoms with Crippen LogP contribution in [0.5, 0.6) is 17.2 Å². The number of benzene rings is 2. The lowest BCUT2D eigenvalue weighted by atomic mass is 10.1. The van der Waals surface area contributed by atoms with Gasteiger partial charge >= 0.3 is 0 Å². The molecule has 1 aliphatic heterocycles. The summed E-state index contributed by atoms with van der Waals surface area (Å²) in [6, 6.07) is 14.8. The Morgan fingerprint density at radius 3 is 2.65 bits per heavy atom. The van der Waals surface area contributed by atoms with Crippen molar-refractivity contribution >= 4 is 11.6 Å². The number of rotatable bonds is 5. The molecule has 1 atom stereocenters. The van der Waals surface area contributed by atoms with E-state index in [1.807, 2.05) is 48.5 Å². The highest BCUT2D eigenvalue weighted by atomic mass is 16.6. The van der Waals surface area contributed by atoms with Gasteiger partial charge in [-0.3, -0.25) is 4.79 Å². The van der Waals surface area contributed by atoms with Crippen molar-refractivity contribution in [2.45, 2.75) is 18.9 Å². The number of hydrogen-bond acceptors (Lipinski definition) is 4. The molecule has 5 heteroatoms. The van der Waals surface area contributed by atoms with Gasteiger partial charge < -0.3 is 19.5 Å². The van der Waals surface area contributed by atoms with Gasteiger partial charge in [0, 0.05) is 12.1 Å². The van der Waals surface area contributed by atoms with E-state index in [2.05, 4.69) is 5.32 Å². The van der Waals surface area contributed by atoms with Crippen LogP contribution in [0, 0.1) is 0 Å². The summed E-state index contributed by atoms with van der Waals surface area (Å²) in [4.78, 5) is 12.0. The molecule has 3 rings (SSSR count). The van der Waals surface area contributed by atoms with E-state index in [0.717, 1.165) is 22.9 Å². The highest BCUT2D eigenvalue weighted by molar-refractivity contribution is 5.90. The van der Waals surface area contributed by atoms with Crippen molar-refractivity contribution in [3.8, 4) is 17.2 Å². The zero-order valence-corrected chi connectivity index (χ0v) is 13.0. The van der Waals surface area contributed by atoms with Crippen molar-refractivity contribution in [3.05, 3.63) is 48.5 Å². The zero-order chi connectivity index (χ0) is 16.1. The first-order valence-corrected chi connectivity index (χ1v) is 7.57. The monoisotopic (exact) mass is 313 g/mol. The van der Waals surface area contributed by atoms with Crippen molar-refractivity contribution in [1.29, 1.82) is 0 Å². The molecule has 0 saturated carbocycles. The maximum absolute atomic E-state index is 12.0. The molecule has 0 spiro atoms. The second kappa shape index (κ2) is 7.05. The Hall–Kier alpha value is -2.69. The third-order valence-corrected chi connectivity index (χ3v) is 3.63. The molecule has 1 aliphatic rings. The number of nitrogens with one attached hydrogen (secondary N) is 1. The van der Waals surface area contributed by atoms with E-state index in [9.17, 15) is 4.79 Å². The number of fused-ring (bicyclic) bond motifs is 1. The van der Waals surface area contributed by atoms with Gasteiger partial charge in [-0.2, -0.15) is 0 Å². The summed E-state index contributed by atoms with van der Waals surface area (Å²) < 4.78 is 16.6. The van der Waals surface area contributed by atoms with Gasteiger partial charge in [-0.05, 0) is 42.8 Å². The minimum absolute atomic E-state index is 0.0439. The molecule has 0 saturated heterocycles. The molecule has 0 aromatic heterocycles. The molecular weight excluding hydrogens is 294 g/mol. The predicted molar refractivity (Wildman–Crippen MR) is 87.2 cm³/mol. The molecule has 120 valence electrons. The number of carbonyl (C=O) groups is 1. The third kappa shape index (κ3) is 3.94. The van der Waals surface area contributed by atoms with Gasteiger partial charge in [0.2, 0.25) is 5.91 Å². The molecule has 5 nitrogen and oxygen atoms in total. The zero-order valence-electron chi connectivity index (χ0n) is 13.0. The summed E-state index contributed by atoms with van der Waals surface area (Å²) >= 11 is 0. The maximum Gasteiger partial charge on any atom is 0.224 e. The first-order chi connectivity index (χ1) is 11.2. The van der Waals surface area contributed by atoms with Crippen molar-refractivity contribution in [3.63, 3.8) is 0 Å². The van der Waals surface area contributed by atoms with Gasteiger partial charge in [-0.15, -0.1) is 0 Å². The van der Waals surface area contributed by atoms with Crippen LogP contribution < -0.4 is 19.5 Å². The molecule has 0 radical (unpaired) electrons. The molecule has 2 aromatic rings. The number of carbonyl (C=O) groups excluding carboxylic acids is 1. The Bertz CT molecular complexity index is 669. The smallest absolute Gasteiger partial charge is 0.224 e. The highest BCUT2D eigenvalue weighted by Crippen LogP contribution is 2.31. The fourth-order valence-corrected chi connectivity index (χ4v) is 2.40. The molecule has 0 aliphatic carbocycles. The van der Waals surface area contributed by atoms with Gasteiger partial charge in [0.1, 0.15) is 18.5 Å². The summed E-state index contributed by atoms with van der Waals surface area (Å²) in [5.74, 6) is 2.21. The van der Waals surface area contributed by atoms with E-state index in [0.29, 0.717) is 19.4 Å². The van der Waals surface area contributed by atoms with Crippen LogP contribution in [0.2, 0.25) is 0 Å². The summed E-state index contributed by atoms with van der Waals surface area (Å²) in [6.45, 7) is 0.465. The van der Waals surface area contributed by atoms with Crippen LogP contribution in [-0.2, 0) is 4.79 Å². The fourth-order valence-electron chi connectivity index (χ4n) is 2.40. The van der Waals surface area contributed by atoms with E-state index >= 15 is 0 Å². The van der Waals surface area contributed by atoms with Crippen LogP contribution in [0.15, 0.2) is 48.5 Å². The van der Waals surface area contributed by atoms with Crippen LogP contribution in [0.1, 0.15) is 12.8 Å². The normalized spacial score (nSPS) is 15.8. The number of methoxy groups -OCH3 is 1. The Balaban J connectivity index is 1.47. The lowest BCUT2D eigenvalue weighted by Crippen LogP contribution is -2.30. The topological polar surface area (TPSA) is 56.8 Å². The summed E-state index contributed by atoms with van der Waals surface area (Å²) in [7, 11) is 1.61. The fraction of sp³-hybridized carbons (Fsp3) is 0.278. The summed E-state index contributed by atoms with van der Waals surface area (Å²) in [6.07, 6.45) is 0.880. The lowest BCUT2D eigenvalue weighted by Gasteiger charge is -2.26. The number of para-hydroxylation sites is 2. The molecule has 1 N–H and O–H groups in total. The van der Waals surface area contributed by atoms with Gasteiger partial charge in [0.25, 0.3) is 0 Å². The minimum Gasteiger partial charge on any atom is -0.497 e. The largest absolute Gasteiger partial charge is 0.497 e. The van der Waals surface area contributed by atoms with Crippen LogP contribution >= 0.6 is 0 Å². The van der Waals surface area contributed by atoms with E-state index in [1.54, 1.807) is 7.11 Å². The quantitative estimate of drug-likeness (QED) is 0.920. The van der Waals surface area contributed by atoms with Crippen LogP contribution in [0.25, 0.3) is 0 Å². The molecule has 1 unspecified atom stereocenters. The van der Waals surface area contributed by atoms with E-state index in [1.165, 1.54) is 0 Å². The minimum atomic E-state index is -0.105. The van der Waals surface area contributed by atoms with Crippen LogP contribution in [0.4, 0.5) is 5.69 Å². The van der Waals surface area contributed by atoms with Crippen molar-refractivity contribution in [2.75, 3.05) is 19.0 Å². The average Bonchev–Trinajstić information content (AvgIpc) is 2.60. The SMILES string of the molecule is COc1ccc(NC(=O)CCC2COc3ccccc3O2)cc1. The van der Waals surface area contributed by atoms with E-state index in [4.69, 9.17) is 14.2 Å². The number of hydrogen-bond donors (Lipinski definition) is 1. The van der Waals surface area contributed by atoms with Crippen molar-refractivity contribution in [1.82, 2.24) is 0 Å². The Morgan fingerprint density at radius 1 is 1.17 bits per heavy atom. The molecule has 0 bridgehead atoms. The summed E-state index contributed by atoms with van der Waals surface area (Å²) in [5, 5.41) is 2.86. The average molecular weight is 313 g/mol. The van der Waals surface area contributed by atoms with E-state index < -0.39 is 0 Å². The molecule has 0 fully saturated rings. The predicted octanol–water partition coefficient (Wildman–Crippen LogP) is 3.25.